The van der Waals surface area contributed by atoms with Gasteiger partial charge in [-0.2, -0.15) is 13.2 Å². The molecule has 0 aliphatic heterocycles. The first kappa shape index (κ1) is 24.8. The van der Waals surface area contributed by atoms with Gasteiger partial charge in [-0.1, -0.05) is 6.58 Å². The second-order valence-corrected chi connectivity index (χ2v) is 6.27. The van der Waals surface area contributed by atoms with Crippen molar-refractivity contribution in [3.8, 4) is 0 Å². The van der Waals surface area contributed by atoms with Crippen LogP contribution in [0.1, 0.15) is 13.3 Å². The molecule has 0 unspecified atom stereocenters. The molecule has 32 heavy (non-hydrogen) atoms. The molecule has 0 heterocycles. The number of ether oxygens (including phenoxy) is 1. The number of anilines is 2. The van der Waals surface area contributed by atoms with E-state index in [-0.39, 0.29) is 29.2 Å². The van der Waals surface area contributed by atoms with Crippen LogP contribution in [0.5, 0.6) is 0 Å². The number of hydrogen-bond acceptors (Lipinski definition) is 3. The molecule has 0 aliphatic rings. The molecule has 0 amide bonds. The predicted octanol–water partition coefficient (Wildman–Crippen LogP) is 6.57. The van der Waals surface area contributed by atoms with Crippen LogP contribution in [0.4, 0.5) is 50.9 Å². The zero-order valence-electron chi connectivity index (χ0n) is 16.0. The van der Waals surface area contributed by atoms with Crippen molar-refractivity contribution >= 4 is 17.3 Å². The van der Waals surface area contributed by atoms with Crippen molar-refractivity contribution in [3.05, 3.63) is 83.3 Å². The van der Waals surface area contributed by atoms with Gasteiger partial charge in [0.05, 0.1) is 17.8 Å². The van der Waals surface area contributed by atoms with Crippen LogP contribution in [0.15, 0.2) is 48.4 Å². The van der Waals surface area contributed by atoms with Gasteiger partial charge in [0.25, 0.3) is 0 Å². The molecule has 2 rings (SSSR count). The Balaban J connectivity index is 2.83. The fourth-order valence-corrected chi connectivity index (χ4v) is 2.62. The molecule has 0 fully saturated rings. The summed E-state index contributed by atoms with van der Waals surface area (Å²) >= 11 is 0. The fourth-order valence-electron chi connectivity index (χ4n) is 2.62. The minimum Gasteiger partial charge on any atom is -0.427 e. The van der Waals surface area contributed by atoms with Crippen molar-refractivity contribution in [2.24, 2.45) is 0 Å². The van der Waals surface area contributed by atoms with Crippen LogP contribution in [0, 0.1) is 34.9 Å². The van der Waals surface area contributed by atoms with Crippen LogP contribution < -0.4 is 4.90 Å². The van der Waals surface area contributed by atoms with Crippen molar-refractivity contribution in [1.29, 1.82) is 0 Å². The highest BCUT2D eigenvalue weighted by Gasteiger charge is 2.33. The van der Waals surface area contributed by atoms with Crippen molar-refractivity contribution in [1.82, 2.24) is 0 Å². The quantitative estimate of drug-likeness (QED) is 0.158. The maximum Gasteiger partial charge on any atom is 0.394 e. The van der Waals surface area contributed by atoms with Gasteiger partial charge < -0.3 is 9.64 Å². The van der Waals surface area contributed by atoms with E-state index in [1.54, 1.807) is 0 Å². The molecule has 0 saturated carbocycles. The molecule has 172 valence electrons. The molecule has 0 bridgehead atoms. The largest absolute Gasteiger partial charge is 0.427 e. The first-order valence-electron chi connectivity index (χ1n) is 8.43. The second-order valence-electron chi connectivity index (χ2n) is 6.27. The van der Waals surface area contributed by atoms with Crippen LogP contribution in [-0.4, -0.2) is 12.1 Å². The molecule has 2 aromatic carbocycles. The van der Waals surface area contributed by atoms with Gasteiger partial charge in [-0.15, -0.1) is 0 Å². The Hall–Kier alpha value is -3.44. The Morgan fingerprint density at radius 3 is 1.59 bits per heavy atom. The summed E-state index contributed by atoms with van der Waals surface area (Å²) in [6.45, 7) is 4.10. The van der Waals surface area contributed by atoms with E-state index in [2.05, 4.69) is 11.3 Å². The summed E-state index contributed by atoms with van der Waals surface area (Å²) in [7, 11) is 0. The van der Waals surface area contributed by atoms with Crippen LogP contribution in [0.3, 0.4) is 0 Å². The summed E-state index contributed by atoms with van der Waals surface area (Å²) in [6.07, 6.45) is -6.39. The predicted molar refractivity (Wildman–Crippen MR) is 94.4 cm³/mol. The summed E-state index contributed by atoms with van der Waals surface area (Å²) in [6, 6.07) is 0.986. The van der Waals surface area contributed by atoms with Crippen molar-refractivity contribution in [3.63, 3.8) is 0 Å². The van der Waals surface area contributed by atoms with Gasteiger partial charge in [0.2, 0.25) is 0 Å². The Labute approximate surface area is 175 Å². The molecule has 0 aliphatic carbocycles. The lowest BCUT2D eigenvalue weighted by molar-refractivity contribution is -0.136. The molecule has 0 atom stereocenters. The topological polar surface area (TPSA) is 29.5 Å². The Morgan fingerprint density at radius 2 is 1.28 bits per heavy atom. The average Bonchev–Trinajstić information content (AvgIpc) is 2.62. The molecular formula is C20H12F9NO2. The lowest BCUT2D eigenvalue weighted by Crippen LogP contribution is -2.23. The highest BCUT2D eigenvalue weighted by Crippen LogP contribution is 2.38. The van der Waals surface area contributed by atoms with E-state index >= 15 is 0 Å². The highest BCUT2D eigenvalue weighted by molar-refractivity contribution is 5.70. The number of carbonyl (C=O) groups is 1. The van der Waals surface area contributed by atoms with Crippen molar-refractivity contribution in [2.45, 2.75) is 19.5 Å². The van der Waals surface area contributed by atoms with Gasteiger partial charge in [-0.3, -0.25) is 4.79 Å². The number of esters is 1. The van der Waals surface area contributed by atoms with Crippen LogP contribution in [0.2, 0.25) is 0 Å². The molecule has 0 radical (unpaired) electrons. The number of carbonyl (C=O) groups excluding carboxylic acids is 1. The number of hydrogen-bond donors (Lipinski definition) is 0. The monoisotopic (exact) mass is 469 g/mol. The van der Waals surface area contributed by atoms with Crippen LogP contribution in [0.25, 0.3) is 0 Å². The number of nitrogens with zero attached hydrogens (tertiary/aromatic N) is 1. The Bertz CT molecular complexity index is 989. The third-order valence-electron chi connectivity index (χ3n) is 3.72. The smallest absolute Gasteiger partial charge is 0.394 e. The van der Waals surface area contributed by atoms with E-state index in [1.807, 2.05) is 0 Å². The van der Waals surface area contributed by atoms with Gasteiger partial charge in [0.15, 0.2) is 34.9 Å². The lowest BCUT2D eigenvalue weighted by Gasteiger charge is -2.29. The minimum absolute atomic E-state index is 0.246. The van der Waals surface area contributed by atoms with E-state index in [0.29, 0.717) is 6.08 Å². The lowest BCUT2D eigenvalue weighted by atomic mass is 10.1. The fraction of sp³-hybridized carbons (Fsp3) is 0.150. The Kier molecular flexibility index (Phi) is 7.27. The third kappa shape index (κ3) is 6.05. The van der Waals surface area contributed by atoms with E-state index in [0.717, 1.165) is 6.92 Å². The minimum atomic E-state index is -5.01. The summed E-state index contributed by atoms with van der Waals surface area (Å²) in [5.74, 6) is -12.9. The summed E-state index contributed by atoms with van der Waals surface area (Å²) in [4.78, 5) is 11.3. The van der Waals surface area contributed by atoms with Gasteiger partial charge in [-0.05, 0) is 0 Å². The average molecular weight is 469 g/mol. The molecule has 12 heteroatoms. The van der Waals surface area contributed by atoms with E-state index in [4.69, 9.17) is 0 Å². The maximum atomic E-state index is 13.8. The van der Waals surface area contributed by atoms with E-state index < -0.39 is 76.3 Å². The SMILES string of the molecule is C=C(/C=C(\CC(F)(F)F)N(c1cc(F)c(F)c(F)c1)c1cc(F)c(F)c(F)c1)OC(C)=O. The summed E-state index contributed by atoms with van der Waals surface area (Å²) < 4.78 is 126. The standard InChI is InChI=1S/C20H12F9NO2/c1-9(32-10(2)31)3-13(8-20(27,28)29)30(11-4-14(21)18(25)15(22)5-11)12-6-16(23)19(26)17(24)7-12/h3-7H,1,8H2,2H3/b13-3+. The maximum absolute atomic E-state index is 13.8. The zero-order valence-corrected chi connectivity index (χ0v) is 16.0. The second kappa shape index (κ2) is 9.37. The molecule has 2 aromatic rings. The summed E-state index contributed by atoms with van der Waals surface area (Å²) in [5, 5.41) is 0. The van der Waals surface area contributed by atoms with Gasteiger partial charge in [0, 0.05) is 43.0 Å². The summed E-state index contributed by atoms with van der Waals surface area (Å²) in [5.41, 5.74) is -2.70. The van der Waals surface area contributed by atoms with Crippen molar-refractivity contribution < 1.29 is 49.0 Å². The van der Waals surface area contributed by atoms with Gasteiger partial charge in [0.1, 0.15) is 5.76 Å². The number of alkyl halides is 3. The first-order valence-corrected chi connectivity index (χ1v) is 8.43. The first-order chi connectivity index (χ1) is 14.7. The van der Waals surface area contributed by atoms with Gasteiger partial charge in [-0.25, -0.2) is 26.3 Å². The highest BCUT2D eigenvalue weighted by atomic mass is 19.4. The molecule has 0 aromatic heterocycles. The number of rotatable bonds is 6. The Morgan fingerprint density at radius 1 is 0.906 bits per heavy atom. The molecule has 0 saturated heterocycles. The van der Waals surface area contributed by atoms with E-state index in [1.165, 1.54) is 0 Å². The third-order valence-corrected chi connectivity index (χ3v) is 3.72. The zero-order chi connectivity index (χ0) is 24.4. The van der Waals surface area contributed by atoms with Crippen LogP contribution >= 0.6 is 0 Å². The van der Waals surface area contributed by atoms with E-state index in [9.17, 15) is 44.3 Å². The number of benzene rings is 2. The molecular weight excluding hydrogens is 457 g/mol. The normalized spacial score (nSPS) is 12.0. The number of allylic oxidation sites excluding steroid dienone is 2. The number of halogens is 9. The molecule has 0 spiro atoms. The van der Waals surface area contributed by atoms with Crippen LogP contribution in [-0.2, 0) is 9.53 Å². The molecule has 0 N–H and O–H groups in total. The van der Waals surface area contributed by atoms with Crippen molar-refractivity contribution in [2.75, 3.05) is 4.90 Å². The molecule has 3 nitrogen and oxygen atoms in total. The van der Waals surface area contributed by atoms with Gasteiger partial charge >= 0.3 is 12.1 Å².